The molecule has 6 heteroatoms. The minimum atomic E-state index is -0.758. The van der Waals surface area contributed by atoms with E-state index in [-0.39, 0.29) is 5.91 Å². The van der Waals surface area contributed by atoms with Crippen LogP contribution in [0.5, 0.6) is 5.75 Å². The Morgan fingerprint density at radius 2 is 1.88 bits per heavy atom. The Kier molecular flexibility index (Phi) is 5.47. The summed E-state index contributed by atoms with van der Waals surface area (Å²) >= 11 is 5.96. The van der Waals surface area contributed by atoms with Gasteiger partial charge >= 0.3 is 5.97 Å². The molecular weight excluding hydrogens is 354 g/mol. The first-order valence-electron chi connectivity index (χ1n) is 8.37. The van der Waals surface area contributed by atoms with Crippen LogP contribution in [0.25, 0.3) is 0 Å². The highest BCUT2D eigenvalue weighted by Crippen LogP contribution is 2.26. The van der Waals surface area contributed by atoms with Gasteiger partial charge in [-0.05, 0) is 36.2 Å². The number of rotatable bonds is 4. The zero-order valence-corrected chi connectivity index (χ0v) is 15.4. The molecule has 0 spiro atoms. The summed E-state index contributed by atoms with van der Waals surface area (Å²) in [7, 11) is 1.33. The van der Waals surface area contributed by atoms with Crippen LogP contribution in [0.4, 0.5) is 0 Å². The maximum absolute atomic E-state index is 13.0. The van der Waals surface area contributed by atoms with E-state index in [0.29, 0.717) is 23.7 Å². The number of halogens is 1. The predicted molar refractivity (Wildman–Crippen MR) is 98.0 cm³/mol. The molecule has 0 saturated heterocycles. The molecule has 0 radical (unpaired) electrons. The Balaban J connectivity index is 1.82. The fraction of sp³-hybridized carbons (Fsp3) is 0.300. The molecule has 0 aliphatic carbocycles. The fourth-order valence-corrected chi connectivity index (χ4v) is 3.31. The smallest absolute Gasteiger partial charge is 0.328 e. The van der Waals surface area contributed by atoms with Crippen LogP contribution in [0, 0.1) is 0 Å². The Morgan fingerprint density at radius 3 is 2.58 bits per heavy atom. The average molecular weight is 374 g/mol. The highest BCUT2D eigenvalue weighted by atomic mass is 35.5. The van der Waals surface area contributed by atoms with Gasteiger partial charge in [0.1, 0.15) is 11.8 Å². The van der Waals surface area contributed by atoms with E-state index in [1.165, 1.54) is 12.0 Å². The van der Waals surface area contributed by atoms with E-state index >= 15 is 0 Å². The summed E-state index contributed by atoms with van der Waals surface area (Å²) in [6.07, 6.45) is -0.329. The Morgan fingerprint density at radius 1 is 1.15 bits per heavy atom. The number of carbonyl (C=O) groups is 2. The molecule has 2 atom stereocenters. The third-order valence-electron chi connectivity index (χ3n) is 4.46. The molecule has 2 aromatic rings. The largest absolute Gasteiger partial charge is 0.481 e. The van der Waals surface area contributed by atoms with Crippen molar-refractivity contribution >= 4 is 23.5 Å². The lowest BCUT2D eigenvalue weighted by molar-refractivity contribution is -0.156. The van der Waals surface area contributed by atoms with Gasteiger partial charge in [0.2, 0.25) is 0 Å². The zero-order valence-electron chi connectivity index (χ0n) is 14.6. The van der Waals surface area contributed by atoms with E-state index in [1.54, 1.807) is 31.2 Å². The maximum atomic E-state index is 13.0. The van der Waals surface area contributed by atoms with Crippen LogP contribution in [-0.2, 0) is 27.3 Å². The van der Waals surface area contributed by atoms with Crippen molar-refractivity contribution in [1.29, 1.82) is 0 Å². The van der Waals surface area contributed by atoms with Gasteiger partial charge in [-0.3, -0.25) is 4.79 Å². The van der Waals surface area contributed by atoms with Gasteiger partial charge in [0.25, 0.3) is 5.91 Å². The first-order valence-corrected chi connectivity index (χ1v) is 8.74. The quantitative estimate of drug-likeness (QED) is 0.772. The molecular formula is C20H20ClNO4. The van der Waals surface area contributed by atoms with Crippen LogP contribution < -0.4 is 4.74 Å². The topological polar surface area (TPSA) is 55.8 Å². The molecule has 0 saturated carbocycles. The number of nitrogens with zero attached hydrogens (tertiary/aromatic N) is 1. The second kappa shape index (κ2) is 7.79. The van der Waals surface area contributed by atoms with E-state index < -0.39 is 18.1 Å². The van der Waals surface area contributed by atoms with Gasteiger partial charge in [-0.1, -0.05) is 41.9 Å². The van der Waals surface area contributed by atoms with Crippen LogP contribution >= 0.6 is 11.6 Å². The number of methoxy groups -OCH3 is 1. The van der Waals surface area contributed by atoms with Gasteiger partial charge in [-0.15, -0.1) is 0 Å². The molecule has 0 fully saturated rings. The number of amides is 1. The Hall–Kier alpha value is -2.53. The lowest BCUT2D eigenvalue weighted by Gasteiger charge is -2.36. The van der Waals surface area contributed by atoms with Crippen molar-refractivity contribution < 1.29 is 19.1 Å². The molecule has 2 unspecified atom stereocenters. The number of carbonyl (C=O) groups excluding carboxylic acids is 2. The van der Waals surface area contributed by atoms with Crippen LogP contribution in [0.15, 0.2) is 48.5 Å². The summed E-state index contributed by atoms with van der Waals surface area (Å²) < 4.78 is 10.6. The van der Waals surface area contributed by atoms with E-state index in [2.05, 4.69) is 0 Å². The van der Waals surface area contributed by atoms with Crippen molar-refractivity contribution in [1.82, 2.24) is 4.90 Å². The van der Waals surface area contributed by atoms with Crippen LogP contribution in [0.2, 0.25) is 5.02 Å². The minimum absolute atomic E-state index is 0.269. The molecule has 2 aromatic carbocycles. The molecule has 5 nitrogen and oxygen atoms in total. The number of esters is 1. The lowest BCUT2D eigenvalue weighted by atomic mass is 9.93. The SMILES string of the molecule is COC(=O)C1Cc2ccccc2CN1C(=O)C(C)Oc1cccc(Cl)c1. The van der Waals surface area contributed by atoms with Crippen molar-refractivity contribution in [2.45, 2.75) is 32.0 Å². The van der Waals surface area contributed by atoms with E-state index in [1.807, 2.05) is 24.3 Å². The molecule has 1 heterocycles. The Bertz CT molecular complexity index is 823. The molecule has 136 valence electrons. The predicted octanol–water partition coefficient (Wildman–Crippen LogP) is 3.23. The van der Waals surface area contributed by atoms with Crippen molar-refractivity contribution in [3.8, 4) is 5.75 Å². The number of hydrogen-bond donors (Lipinski definition) is 0. The van der Waals surface area contributed by atoms with Crippen LogP contribution in [0.1, 0.15) is 18.1 Å². The lowest BCUT2D eigenvalue weighted by Crippen LogP contribution is -2.52. The number of benzene rings is 2. The van der Waals surface area contributed by atoms with Gasteiger partial charge in [0.15, 0.2) is 6.10 Å². The number of fused-ring (bicyclic) bond motifs is 1. The van der Waals surface area contributed by atoms with E-state index in [0.717, 1.165) is 11.1 Å². The second-order valence-corrected chi connectivity index (χ2v) is 6.63. The summed E-state index contributed by atoms with van der Waals surface area (Å²) in [5.74, 6) is -0.192. The monoisotopic (exact) mass is 373 g/mol. The van der Waals surface area contributed by atoms with Crippen molar-refractivity contribution in [3.63, 3.8) is 0 Å². The first-order chi connectivity index (χ1) is 12.5. The maximum Gasteiger partial charge on any atom is 0.328 e. The van der Waals surface area contributed by atoms with Crippen LogP contribution in [-0.4, -0.2) is 36.0 Å². The Labute approximate surface area is 157 Å². The normalized spacial score (nSPS) is 17.2. The molecule has 26 heavy (non-hydrogen) atoms. The van der Waals surface area contributed by atoms with Crippen molar-refractivity contribution in [3.05, 3.63) is 64.7 Å². The van der Waals surface area contributed by atoms with Crippen molar-refractivity contribution in [2.24, 2.45) is 0 Å². The summed E-state index contributed by atoms with van der Waals surface area (Å²) in [5, 5.41) is 0.529. The summed E-state index contributed by atoms with van der Waals surface area (Å²) in [4.78, 5) is 26.8. The van der Waals surface area contributed by atoms with Gasteiger partial charge < -0.3 is 14.4 Å². The highest BCUT2D eigenvalue weighted by Gasteiger charge is 2.37. The molecule has 1 aliphatic heterocycles. The zero-order chi connectivity index (χ0) is 18.7. The van der Waals surface area contributed by atoms with Gasteiger partial charge in [0, 0.05) is 18.0 Å². The standard InChI is InChI=1S/C20H20ClNO4/c1-13(26-17-9-5-8-16(21)11-17)19(23)22-12-15-7-4-3-6-14(15)10-18(22)20(24)25-2/h3-9,11,13,18H,10,12H2,1-2H3. The second-order valence-electron chi connectivity index (χ2n) is 6.20. The first kappa shape index (κ1) is 18.3. The summed E-state index contributed by atoms with van der Waals surface area (Å²) in [5.41, 5.74) is 2.08. The van der Waals surface area contributed by atoms with Crippen molar-refractivity contribution in [2.75, 3.05) is 7.11 Å². The number of hydrogen-bond acceptors (Lipinski definition) is 4. The van der Waals surface area contributed by atoms with E-state index in [9.17, 15) is 9.59 Å². The summed E-state index contributed by atoms with van der Waals surface area (Å²) in [6.45, 7) is 2.01. The third kappa shape index (κ3) is 3.83. The molecule has 3 rings (SSSR count). The molecule has 1 aliphatic rings. The van der Waals surface area contributed by atoms with Gasteiger partial charge in [0.05, 0.1) is 7.11 Å². The summed E-state index contributed by atoms with van der Waals surface area (Å²) in [6, 6.07) is 14.0. The minimum Gasteiger partial charge on any atom is -0.481 e. The van der Waals surface area contributed by atoms with E-state index in [4.69, 9.17) is 21.1 Å². The molecule has 1 amide bonds. The molecule has 0 aromatic heterocycles. The number of ether oxygens (including phenoxy) is 2. The fourth-order valence-electron chi connectivity index (χ4n) is 3.13. The average Bonchev–Trinajstić information content (AvgIpc) is 2.65. The van der Waals surface area contributed by atoms with Gasteiger partial charge in [-0.25, -0.2) is 4.79 Å². The van der Waals surface area contributed by atoms with Crippen LogP contribution in [0.3, 0.4) is 0 Å². The van der Waals surface area contributed by atoms with Gasteiger partial charge in [-0.2, -0.15) is 0 Å². The highest BCUT2D eigenvalue weighted by molar-refractivity contribution is 6.30. The molecule has 0 bridgehead atoms. The third-order valence-corrected chi connectivity index (χ3v) is 4.70. The molecule has 0 N–H and O–H groups in total.